The first-order valence-corrected chi connectivity index (χ1v) is 6.28. The van der Waals surface area contributed by atoms with Crippen LogP contribution in [-0.4, -0.2) is 54.8 Å². The summed E-state index contributed by atoms with van der Waals surface area (Å²) in [6, 6.07) is 0. The summed E-state index contributed by atoms with van der Waals surface area (Å²) in [4.78, 5) is 26.7. The van der Waals surface area contributed by atoms with Gasteiger partial charge < -0.3 is 15.5 Å². The number of rotatable bonds is 8. The molecular weight excluding hydrogens is 218 g/mol. The Balaban J connectivity index is 4.02. The molecule has 5 heteroatoms. The molecule has 2 N–H and O–H groups in total. The molecule has 0 saturated heterocycles. The third-order valence-corrected chi connectivity index (χ3v) is 2.76. The maximum atomic E-state index is 11.8. The highest BCUT2D eigenvalue weighted by Crippen LogP contribution is 2.00. The van der Waals surface area contributed by atoms with E-state index in [0.717, 1.165) is 12.8 Å². The summed E-state index contributed by atoms with van der Waals surface area (Å²) in [6.07, 6.45) is 2.11. The number of hydrogen-bond acceptors (Lipinski definition) is 3. The molecule has 0 rings (SSSR count). The minimum absolute atomic E-state index is 0.00433. The maximum Gasteiger partial charge on any atom is 0.242 e. The topological polar surface area (TPSA) is 66.6 Å². The van der Waals surface area contributed by atoms with Crippen molar-refractivity contribution in [2.45, 2.75) is 33.1 Å². The van der Waals surface area contributed by atoms with Gasteiger partial charge in [-0.15, -0.1) is 0 Å². The van der Waals surface area contributed by atoms with E-state index in [0.29, 0.717) is 26.1 Å². The van der Waals surface area contributed by atoms with Crippen molar-refractivity contribution >= 4 is 11.8 Å². The van der Waals surface area contributed by atoms with Crippen LogP contribution in [0.15, 0.2) is 0 Å². The Bertz CT molecular complexity index is 240. The number of hydrogen-bond donors (Lipinski definition) is 1. The molecule has 0 aliphatic heterocycles. The van der Waals surface area contributed by atoms with Crippen molar-refractivity contribution in [3.63, 3.8) is 0 Å². The lowest BCUT2D eigenvalue weighted by Crippen LogP contribution is -2.40. The van der Waals surface area contributed by atoms with Gasteiger partial charge in [-0.2, -0.15) is 0 Å². The summed E-state index contributed by atoms with van der Waals surface area (Å²) in [5, 5.41) is 0. The van der Waals surface area contributed by atoms with Crippen LogP contribution in [0.1, 0.15) is 33.1 Å². The molecule has 2 amide bonds. The second-order valence-electron chi connectivity index (χ2n) is 4.06. The van der Waals surface area contributed by atoms with Crippen LogP contribution >= 0.6 is 0 Å². The molecule has 0 aliphatic carbocycles. The van der Waals surface area contributed by atoms with E-state index in [4.69, 9.17) is 5.73 Å². The predicted octanol–water partition coefficient (Wildman–Crippen LogP) is 0.442. The highest BCUT2D eigenvalue weighted by atomic mass is 16.2. The monoisotopic (exact) mass is 243 g/mol. The Kier molecular flexibility index (Phi) is 8.40. The molecule has 0 radical (unpaired) electrons. The SMILES string of the molecule is CCN(CC)C(=O)CN(C)C(=O)CCCCN. The van der Waals surface area contributed by atoms with Gasteiger partial charge in [0.05, 0.1) is 6.54 Å². The van der Waals surface area contributed by atoms with Gasteiger partial charge in [-0.3, -0.25) is 9.59 Å². The minimum atomic E-state index is 0.00433. The average Bonchev–Trinajstić information content (AvgIpc) is 2.30. The van der Waals surface area contributed by atoms with Gasteiger partial charge in [0.1, 0.15) is 0 Å². The number of carbonyl (C=O) groups is 2. The fraction of sp³-hybridized carbons (Fsp3) is 0.833. The normalized spacial score (nSPS) is 10.1. The Morgan fingerprint density at radius 2 is 1.65 bits per heavy atom. The van der Waals surface area contributed by atoms with Crippen LogP contribution < -0.4 is 5.73 Å². The Labute approximate surface area is 104 Å². The lowest BCUT2D eigenvalue weighted by Gasteiger charge is -2.23. The zero-order chi connectivity index (χ0) is 13.3. The Morgan fingerprint density at radius 1 is 1.06 bits per heavy atom. The van der Waals surface area contributed by atoms with Crippen LogP contribution in [0.3, 0.4) is 0 Å². The lowest BCUT2D eigenvalue weighted by molar-refractivity contribution is -0.139. The molecule has 17 heavy (non-hydrogen) atoms. The highest BCUT2D eigenvalue weighted by molar-refractivity contribution is 5.84. The molecule has 0 aromatic carbocycles. The molecule has 0 atom stereocenters. The van der Waals surface area contributed by atoms with Crippen molar-refractivity contribution in [2.24, 2.45) is 5.73 Å². The molecule has 5 nitrogen and oxygen atoms in total. The average molecular weight is 243 g/mol. The third kappa shape index (κ3) is 6.26. The number of likely N-dealkylation sites (N-methyl/N-ethyl adjacent to an activating group) is 2. The van der Waals surface area contributed by atoms with Crippen LogP contribution in [-0.2, 0) is 9.59 Å². The van der Waals surface area contributed by atoms with Crippen molar-refractivity contribution in [3.8, 4) is 0 Å². The fourth-order valence-corrected chi connectivity index (χ4v) is 1.58. The molecule has 0 aromatic rings. The second-order valence-corrected chi connectivity index (χ2v) is 4.06. The zero-order valence-electron chi connectivity index (χ0n) is 11.2. The number of unbranched alkanes of at least 4 members (excludes halogenated alkanes) is 1. The van der Waals surface area contributed by atoms with E-state index in [1.54, 1.807) is 11.9 Å². The van der Waals surface area contributed by atoms with E-state index >= 15 is 0 Å². The largest absolute Gasteiger partial charge is 0.342 e. The van der Waals surface area contributed by atoms with E-state index in [1.807, 2.05) is 13.8 Å². The summed E-state index contributed by atoms with van der Waals surface area (Å²) >= 11 is 0. The Hall–Kier alpha value is -1.10. The van der Waals surface area contributed by atoms with Crippen LogP contribution in [0.25, 0.3) is 0 Å². The molecule has 0 fully saturated rings. The van der Waals surface area contributed by atoms with Gasteiger partial charge in [-0.25, -0.2) is 0 Å². The number of amides is 2. The first-order valence-electron chi connectivity index (χ1n) is 6.28. The first-order chi connectivity index (χ1) is 8.06. The predicted molar refractivity (Wildman–Crippen MR) is 68.5 cm³/mol. The van der Waals surface area contributed by atoms with Crippen molar-refractivity contribution in [1.29, 1.82) is 0 Å². The fourth-order valence-electron chi connectivity index (χ4n) is 1.58. The van der Waals surface area contributed by atoms with E-state index in [2.05, 4.69) is 0 Å². The molecule has 0 spiro atoms. The molecule has 0 bridgehead atoms. The summed E-state index contributed by atoms with van der Waals surface area (Å²) in [5.41, 5.74) is 5.36. The molecule has 0 aromatic heterocycles. The molecule has 0 unspecified atom stereocenters. The van der Waals surface area contributed by atoms with Gasteiger partial charge in [0.15, 0.2) is 0 Å². The van der Waals surface area contributed by atoms with E-state index < -0.39 is 0 Å². The van der Waals surface area contributed by atoms with Crippen molar-refractivity contribution in [2.75, 3.05) is 33.2 Å². The highest BCUT2D eigenvalue weighted by Gasteiger charge is 2.15. The summed E-state index contributed by atoms with van der Waals surface area (Å²) in [7, 11) is 1.67. The van der Waals surface area contributed by atoms with E-state index in [1.165, 1.54) is 4.90 Å². The van der Waals surface area contributed by atoms with Crippen LogP contribution in [0.2, 0.25) is 0 Å². The van der Waals surface area contributed by atoms with Crippen LogP contribution in [0.4, 0.5) is 0 Å². The molecule has 0 saturated carbocycles. The molecule has 0 aliphatic rings. The van der Waals surface area contributed by atoms with Gasteiger partial charge in [-0.05, 0) is 33.2 Å². The molecule has 100 valence electrons. The minimum Gasteiger partial charge on any atom is -0.342 e. The van der Waals surface area contributed by atoms with Crippen LogP contribution in [0.5, 0.6) is 0 Å². The van der Waals surface area contributed by atoms with Crippen LogP contribution in [0, 0.1) is 0 Å². The maximum absolute atomic E-state index is 11.8. The Morgan fingerprint density at radius 3 is 2.12 bits per heavy atom. The van der Waals surface area contributed by atoms with E-state index in [-0.39, 0.29) is 18.4 Å². The quantitative estimate of drug-likeness (QED) is 0.629. The van der Waals surface area contributed by atoms with Gasteiger partial charge in [-0.1, -0.05) is 0 Å². The van der Waals surface area contributed by atoms with Gasteiger partial charge in [0.25, 0.3) is 0 Å². The lowest BCUT2D eigenvalue weighted by atomic mass is 10.2. The summed E-state index contributed by atoms with van der Waals surface area (Å²) in [6.45, 7) is 6.02. The van der Waals surface area contributed by atoms with E-state index in [9.17, 15) is 9.59 Å². The third-order valence-electron chi connectivity index (χ3n) is 2.76. The van der Waals surface area contributed by atoms with Crippen molar-refractivity contribution < 1.29 is 9.59 Å². The summed E-state index contributed by atoms with van der Waals surface area (Å²) < 4.78 is 0. The second kappa shape index (κ2) is 8.98. The van der Waals surface area contributed by atoms with Gasteiger partial charge in [0.2, 0.25) is 11.8 Å². The number of nitrogens with two attached hydrogens (primary N) is 1. The first kappa shape index (κ1) is 15.9. The number of nitrogens with zero attached hydrogens (tertiary/aromatic N) is 2. The smallest absolute Gasteiger partial charge is 0.242 e. The van der Waals surface area contributed by atoms with Crippen molar-refractivity contribution in [3.05, 3.63) is 0 Å². The molecule has 0 heterocycles. The standard InChI is InChI=1S/C12H25N3O2/c1-4-15(5-2)12(17)10-14(3)11(16)8-6-7-9-13/h4-10,13H2,1-3H3. The zero-order valence-corrected chi connectivity index (χ0v) is 11.2. The molecular formula is C12H25N3O2. The van der Waals surface area contributed by atoms with Gasteiger partial charge >= 0.3 is 0 Å². The summed E-state index contributed by atoms with van der Waals surface area (Å²) in [5.74, 6) is 0.0173. The van der Waals surface area contributed by atoms with Crippen molar-refractivity contribution in [1.82, 2.24) is 9.80 Å². The van der Waals surface area contributed by atoms with Gasteiger partial charge in [0, 0.05) is 26.6 Å². The number of carbonyl (C=O) groups excluding carboxylic acids is 2.